The Kier molecular flexibility index (Phi) is 4.49. The molecule has 1 heterocycles. The van der Waals surface area contributed by atoms with Crippen molar-refractivity contribution in [2.24, 2.45) is 11.8 Å². The van der Waals surface area contributed by atoms with E-state index >= 15 is 0 Å². The molecular weight excluding hydrogens is 258 g/mol. The van der Waals surface area contributed by atoms with Gasteiger partial charge >= 0.3 is 5.97 Å². The second-order valence-electron chi connectivity index (χ2n) is 5.34. The van der Waals surface area contributed by atoms with Gasteiger partial charge in [0.25, 0.3) is 0 Å². The summed E-state index contributed by atoms with van der Waals surface area (Å²) in [5.74, 6) is 0.702. The molecule has 2 atom stereocenters. The summed E-state index contributed by atoms with van der Waals surface area (Å²) in [4.78, 5) is 13.3. The zero-order chi connectivity index (χ0) is 14.7. The van der Waals surface area contributed by atoms with Gasteiger partial charge in [-0.05, 0) is 23.6 Å². The number of methoxy groups -OCH3 is 2. The SMILES string of the molecule is COc1cc(CN2CC(C)C(C(=O)O)C2)cc(OC)c1. The molecule has 0 bridgehead atoms. The lowest BCUT2D eigenvalue weighted by Gasteiger charge is -2.16. The largest absolute Gasteiger partial charge is 0.497 e. The number of carboxylic acid groups (broad SMARTS) is 1. The number of nitrogens with zero attached hydrogens (tertiary/aromatic N) is 1. The van der Waals surface area contributed by atoms with Crippen molar-refractivity contribution in [3.63, 3.8) is 0 Å². The molecule has 1 aromatic carbocycles. The molecule has 2 rings (SSSR count). The molecule has 1 aliphatic rings. The maximum Gasteiger partial charge on any atom is 0.308 e. The van der Waals surface area contributed by atoms with Gasteiger partial charge in [-0.15, -0.1) is 0 Å². The Balaban J connectivity index is 2.09. The van der Waals surface area contributed by atoms with E-state index in [9.17, 15) is 4.79 Å². The predicted molar refractivity (Wildman–Crippen MR) is 75.1 cm³/mol. The average molecular weight is 279 g/mol. The summed E-state index contributed by atoms with van der Waals surface area (Å²) in [5, 5.41) is 9.17. The van der Waals surface area contributed by atoms with E-state index in [1.54, 1.807) is 14.2 Å². The molecule has 1 saturated heterocycles. The van der Waals surface area contributed by atoms with E-state index < -0.39 is 5.97 Å². The first-order valence-corrected chi connectivity index (χ1v) is 6.70. The molecule has 5 heteroatoms. The minimum atomic E-state index is -0.705. The number of likely N-dealkylation sites (tertiary alicyclic amines) is 1. The molecule has 0 saturated carbocycles. The second kappa shape index (κ2) is 6.13. The quantitative estimate of drug-likeness (QED) is 0.891. The maximum atomic E-state index is 11.1. The number of carboxylic acids is 1. The molecule has 1 N–H and O–H groups in total. The standard InChI is InChI=1S/C15H21NO4/c1-10-7-16(9-14(10)15(17)18)8-11-4-12(19-2)6-13(5-11)20-3/h4-6,10,14H,7-9H2,1-3H3,(H,17,18). The van der Waals surface area contributed by atoms with Gasteiger partial charge in [-0.2, -0.15) is 0 Å². The van der Waals surface area contributed by atoms with Gasteiger partial charge in [0.2, 0.25) is 0 Å². The van der Waals surface area contributed by atoms with Crippen LogP contribution in [0.15, 0.2) is 18.2 Å². The summed E-state index contributed by atoms with van der Waals surface area (Å²) in [5.41, 5.74) is 1.07. The lowest BCUT2D eigenvalue weighted by molar-refractivity contribution is -0.142. The number of benzene rings is 1. The third-order valence-electron chi connectivity index (χ3n) is 3.82. The molecule has 0 spiro atoms. The summed E-state index contributed by atoms with van der Waals surface area (Å²) in [7, 11) is 3.24. The summed E-state index contributed by atoms with van der Waals surface area (Å²) < 4.78 is 10.5. The van der Waals surface area contributed by atoms with Gasteiger partial charge in [0.05, 0.1) is 20.1 Å². The Morgan fingerprint density at radius 3 is 2.30 bits per heavy atom. The maximum absolute atomic E-state index is 11.1. The Morgan fingerprint density at radius 1 is 1.25 bits per heavy atom. The number of hydrogen-bond donors (Lipinski definition) is 1. The van der Waals surface area contributed by atoms with Crippen LogP contribution < -0.4 is 9.47 Å². The number of aliphatic carboxylic acids is 1. The molecule has 0 amide bonds. The number of carbonyl (C=O) groups is 1. The lowest BCUT2D eigenvalue weighted by atomic mass is 9.99. The molecule has 1 aromatic rings. The van der Waals surface area contributed by atoms with Crippen molar-refractivity contribution in [2.75, 3.05) is 27.3 Å². The van der Waals surface area contributed by atoms with E-state index in [1.807, 2.05) is 25.1 Å². The molecule has 20 heavy (non-hydrogen) atoms. The van der Waals surface area contributed by atoms with Gasteiger partial charge in [0.15, 0.2) is 0 Å². The topological polar surface area (TPSA) is 59.0 Å². The Morgan fingerprint density at radius 2 is 1.85 bits per heavy atom. The van der Waals surface area contributed by atoms with Gasteiger partial charge in [-0.25, -0.2) is 0 Å². The van der Waals surface area contributed by atoms with Crippen molar-refractivity contribution < 1.29 is 19.4 Å². The lowest BCUT2D eigenvalue weighted by Crippen LogP contribution is -2.23. The highest BCUT2D eigenvalue weighted by atomic mass is 16.5. The Hall–Kier alpha value is -1.75. The average Bonchev–Trinajstić information content (AvgIpc) is 2.79. The van der Waals surface area contributed by atoms with Crippen molar-refractivity contribution >= 4 is 5.97 Å². The molecule has 1 fully saturated rings. The highest BCUT2D eigenvalue weighted by Crippen LogP contribution is 2.27. The zero-order valence-electron chi connectivity index (χ0n) is 12.1. The van der Waals surface area contributed by atoms with Crippen LogP contribution in [0.3, 0.4) is 0 Å². The summed E-state index contributed by atoms with van der Waals surface area (Å²) >= 11 is 0. The van der Waals surface area contributed by atoms with Gasteiger partial charge < -0.3 is 14.6 Å². The van der Waals surface area contributed by atoms with E-state index in [0.717, 1.165) is 23.6 Å². The fourth-order valence-electron chi connectivity index (χ4n) is 2.73. The second-order valence-corrected chi connectivity index (χ2v) is 5.34. The predicted octanol–water partition coefficient (Wildman–Crippen LogP) is 1.86. The first kappa shape index (κ1) is 14.7. The smallest absolute Gasteiger partial charge is 0.308 e. The van der Waals surface area contributed by atoms with Crippen molar-refractivity contribution in [3.05, 3.63) is 23.8 Å². The van der Waals surface area contributed by atoms with Crippen LogP contribution in [0.4, 0.5) is 0 Å². The van der Waals surface area contributed by atoms with Crippen LogP contribution in [-0.2, 0) is 11.3 Å². The highest BCUT2D eigenvalue weighted by Gasteiger charge is 2.34. The van der Waals surface area contributed by atoms with Crippen molar-refractivity contribution in [3.8, 4) is 11.5 Å². The van der Waals surface area contributed by atoms with Crippen LogP contribution in [-0.4, -0.2) is 43.3 Å². The van der Waals surface area contributed by atoms with Crippen LogP contribution in [0.5, 0.6) is 11.5 Å². The van der Waals surface area contributed by atoms with Crippen LogP contribution >= 0.6 is 0 Å². The molecule has 0 aromatic heterocycles. The van der Waals surface area contributed by atoms with Crippen LogP contribution in [0, 0.1) is 11.8 Å². The number of hydrogen-bond acceptors (Lipinski definition) is 4. The zero-order valence-corrected chi connectivity index (χ0v) is 12.1. The van der Waals surface area contributed by atoms with E-state index in [2.05, 4.69) is 4.90 Å². The van der Waals surface area contributed by atoms with E-state index in [0.29, 0.717) is 13.1 Å². The van der Waals surface area contributed by atoms with Crippen molar-refractivity contribution in [1.29, 1.82) is 0 Å². The first-order chi connectivity index (χ1) is 9.53. The van der Waals surface area contributed by atoms with Crippen LogP contribution in [0.25, 0.3) is 0 Å². The monoisotopic (exact) mass is 279 g/mol. The third kappa shape index (κ3) is 3.22. The van der Waals surface area contributed by atoms with E-state index in [1.165, 1.54) is 0 Å². The van der Waals surface area contributed by atoms with Crippen LogP contribution in [0.2, 0.25) is 0 Å². The first-order valence-electron chi connectivity index (χ1n) is 6.70. The van der Waals surface area contributed by atoms with Gasteiger partial charge in [0.1, 0.15) is 11.5 Å². The van der Waals surface area contributed by atoms with Crippen molar-refractivity contribution in [2.45, 2.75) is 13.5 Å². The molecule has 5 nitrogen and oxygen atoms in total. The van der Waals surface area contributed by atoms with E-state index in [-0.39, 0.29) is 11.8 Å². The Labute approximate surface area is 119 Å². The van der Waals surface area contributed by atoms with Crippen molar-refractivity contribution in [1.82, 2.24) is 4.90 Å². The summed E-state index contributed by atoms with van der Waals surface area (Å²) in [6.07, 6.45) is 0. The number of rotatable bonds is 5. The third-order valence-corrected chi connectivity index (χ3v) is 3.82. The number of ether oxygens (including phenoxy) is 2. The Bertz CT molecular complexity index is 467. The molecule has 2 unspecified atom stereocenters. The molecule has 110 valence electrons. The normalized spacial score (nSPS) is 22.8. The fraction of sp³-hybridized carbons (Fsp3) is 0.533. The minimum absolute atomic E-state index is 0.181. The molecular formula is C15H21NO4. The molecule has 0 aliphatic carbocycles. The van der Waals surface area contributed by atoms with Crippen LogP contribution in [0.1, 0.15) is 12.5 Å². The molecule has 1 aliphatic heterocycles. The summed E-state index contributed by atoms with van der Waals surface area (Å²) in [6.45, 7) is 4.10. The minimum Gasteiger partial charge on any atom is -0.497 e. The highest BCUT2D eigenvalue weighted by molar-refractivity contribution is 5.71. The fourth-order valence-corrected chi connectivity index (χ4v) is 2.73. The van der Waals surface area contributed by atoms with Gasteiger partial charge in [-0.1, -0.05) is 6.92 Å². The summed E-state index contributed by atoms with van der Waals surface area (Å²) in [6, 6.07) is 5.75. The van der Waals surface area contributed by atoms with Gasteiger partial charge in [0, 0.05) is 25.7 Å². The van der Waals surface area contributed by atoms with Gasteiger partial charge in [-0.3, -0.25) is 9.69 Å². The molecule has 0 radical (unpaired) electrons. The van der Waals surface area contributed by atoms with E-state index in [4.69, 9.17) is 14.6 Å².